The second-order valence-corrected chi connectivity index (χ2v) is 12.7. The van der Waals surface area contributed by atoms with Crippen molar-refractivity contribution in [1.82, 2.24) is 10.2 Å². The Kier molecular flexibility index (Phi) is 8.64. The van der Waals surface area contributed by atoms with Gasteiger partial charge in [-0.15, -0.1) is 0 Å². The Morgan fingerprint density at radius 1 is 0.864 bits per heavy atom. The molecule has 0 spiro atoms. The zero-order valence-electron chi connectivity index (χ0n) is 25.5. The topological polar surface area (TPSA) is 133 Å². The highest BCUT2D eigenvalue weighted by atomic mass is 16.6. The summed E-state index contributed by atoms with van der Waals surface area (Å²) in [6.45, 7) is 6.87. The summed E-state index contributed by atoms with van der Waals surface area (Å²) in [5, 5.41) is 37.1. The standard InChI is InChI=1S/C35H41N3O6/c1-24-33(3,31(39)40)30(28-16-10-11-17-29(28)38(43)44)35(32(41)42,25(2)36-24)20-23-37-21-18-34(19-22-37,26-12-6-4-7-13-26)27-14-8-5-9-15-27/h4-17,24-25,30,36H,18-23H2,1-3H3,(H,39,40)(H,41,42). The van der Waals surface area contributed by atoms with Crippen molar-refractivity contribution in [3.8, 4) is 0 Å². The number of carboxylic acid groups (broad SMARTS) is 2. The average molecular weight is 600 g/mol. The SMILES string of the molecule is CC1NC(C)C(CCN2CCC(c3ccccc3)(c3ccccc3)CC2)(C(=O)O)C(c2ccccc2[N+](=O)[O-])C1(C)C(=O)O. The number of carbonyl (C=O) groups is 2. The molecule has 0 aromatic heterocycles. The van der Waals surface area contributed by atoms with Crippen LogP contribution in [0.25, 0.3) is 0 Å². The summed E-state index contributed by atoms with van der Waals surface area (Å²) < 4.78 is 0. The van der Waals surface area contributed by atoms with Crippen LogP contribution >= 0.6 is 0 Å². The third-order valence-corrected chi connectivity index (χ3v) is 10.8. The summed E-state index contributed by atoms with van der Waals surface area (Å²) in [6, 6.07) is 25.7. The van der Waals surface area contributed by atoms with Gasteiger partial charge in [-0.3, -0.25) is 19.7 Å². The molecule has 2 aliphatic rings. The average Bonchev–Trinajstić information content (AvgIpc) is 3.03. The number of nitro groups is 1. The van der Waals surface area contributed by atoms with E-state index in [1.807, 2.05) is 12.1 Å². The predicted octanol–water partition coefficient (Wildman–Crippen LogP) is 5.69. The molecule has 0 aliphatic carbocycles. The third kappa shape index (κ3) is 5.08. The van der Waals surface area contributed by atoms with Crippen LogP contribution in [0.5, 0.6) is 0 Å². The minimum atomic E-state index is -1.63. The first-order chi connectivity index (χ1) is 21.0. The van der Waals surface area contributed by atoms with E-state index in [9.17, 15) is 29.9 Å². The molecule has 2 saturated heterocycles. The molecule has 5 rings (SSSR count). The summed E-state index contributed by atoms with van der Waals surface area (Å²) in [7, 11) is 0. The van der Waals surface area contributed by atoms with Gasteiger partial charge in [0.15, 0.2) is 0 Å². The van der Waals surface area contributed by atoms with E-state index in [1.54, 1.807) is 19.9 Å². The van der Waals surface area contributed by atoms with Gasteiger partial charge >= 0.3 is 11.9 Å². The quantitative estimate of drug-likeness (QED) is 0.211. The van der Waals surface area contributed by atoms with Gasteiger partial charge in [0.1, 0.15) is 0 Å². The molecular formula is C35H41N3O6. The van der Waals surface area contributed by atoms with Crippen molar-refractivity contribution in [1.29, 1.82) is 0 Å². The molecule has 3 aromatic carbocycles. The van der Waals surface area contributed by atoms with Crippen molar-refractivity contribution in [2.75, 3.05) is 19.6 Å². The van der Waals surface area contributed by atoms with Gasteiger partial charge in [0.2, 0.25) is 0 Å². The van der Waals surface area contributed by atoms with Crippen LogP contribution in [0.1, 0.15) is 62.6 Å². The smallest absolute Gasteiger partial charge is 0.311 e. The molecule has 3 N–H and O–H groups in total. The molecule has 9 heteroatoms. The molecule has 2 fully saturated rings. The van der Waals surface area contributed by atoms with Crippen LogP contribution < -0.4 is 5.32 Å². The van der Waals surface area contributed by atoms with E-state index in [0.717, 1.165) is 25.9 Å². The Morgan fingerprint density at radius 2 is 1.39 bits per heavy atom. The van der Waals surface area contributed by atoms with Crippen LogP contribution in [0, 0.1) is 20.9 Å². The number of piperidine rings is 2. The number of nitrogens with zero attached hydrogens (tertiary/aromatic N) is 2. The Hall–Kier alpha value is -4.08. The van der Waals surface area contributed by atoms with Crippen molar-refractivity contribution < 1.29 is 24.7 Å². The number of carboxylic acids is 2. The van der Waals surface area contributed by atoms with Crippen LogP contribution in [0.2, 0.25) is 0 Å². The van der Waals surface area contributed by atoms with E-state index in [2.05, 4.69) is 58.7 Å². The Bertz CT molecular complexity index is 1470. The van der Waals surface area contributed by atoms with Gasteiger partial charge in [0, 0.05) is 35.0 Å². The lowest BCUT2D eigenvalue weighted by atomic mass is 9.51. The minimum Gasteiger partial charge on any atom is -0.481 e. The maximum absolute atomic E-state index is 13.5. The molecule has 44 heavy (non-hydrogen) atoms. The molecule has 9 nitrogen and oxygen atoms in total. The van der Waals surface area contributed by atoms with Crippen molar-refractivity contribution >= 4 is 17.6 Å². The maximum Gasteiger partial charge on any atom is 0.311 e. The summed E-state index contributed by atoms with van der Waals surface area (Å²) in [4.78, 5) is 40.4. The van der Waals surface area contributed by atoms with E-state index < -0.39 is 45.7 Å². The molecule has 3 aromatic rings. The molecule has 2 heterocycles. The minimum absolute atomic E-state index is 0.131. The summed E-state index contributed by atoms with van der Waals surface area (Å²) >= 11 is 0. The molecule has 232 valence electrons. The van der Waals surface area contributed by atoms with E-state index in [4.69, 9.17) is 0 Å². The first-order valence-corrected chi connectivity index (χ1v) is 15.3. The largest absolute Gasteiger partial charge is 0.481 e. The second kappa shape index (κ2) is 12.1. The number of likely N-dealkylation sites (tertiary alicyclic amines) is 1. The summed E-state index contributed by atoms with van der Waals surface area (Å²) in [5.41, 5.74) is -1.04. The third-order valence-electron chi connectivity index (χ3n) is 10.8. The highest BCUT2D eigenvalue weighted by Gasteiger charge is 2.66. The fraction of sp³-hybridized carbons (Fsp3) is 0.429. The molecule has 5 unspecified atom stereocenters. The molecule has 0 bridgehead atoms. The Balaban J connectivity index is 1.50. The lowest BCUT2D eigenvalue weighted by Gasteiger charge is -2.56. The molecular weight excluding hydrogens is 558 g/mol. The van der Waals surface area contributed by atoms with Gasteiger partial charge in [-0.1, -0.05) is 78.9 Å². The van der Waals surface area contributed by atoms with Gasteiger partial charge < -0.3 is 20.4 Å². The number of nitro benzene ring substituents is 1. The first kappa shape index (κ1) is 31.3. The molecule has 5 atom stereocenters. The van der Waals surface area contributed by atoms with Crippen molar-refractivity contribution in [3.63, 3.8) is 0 Å². The number of hydrogen-bond acceptors (Lipinski definition) is 6. The fourth-order valence-electron chi connectivity index (χ4n) is 8.08. The van der Waals surface area contributed by atoms with Crippen LogP contribution in [0.3, 0.4) is 0 Å². The van der Waals surface area contributed by atoms with E-state index in [0.29, 0.717) is 6.54 Å². The lowest BCUT2D eigenvalue weighted by molar-refractivity contribution is -0.386. The zero-order valence-corrected chi connectivity index (χ0v) is 25.5. The molecule has 2 aliphatic heterocycles. The number of rotatable bonds is 9. The van der Waals surface area contributed by atoms with Gasteiger partial charge in [0.25, 0.3) is 5.69 Å². The van der Waals surface area contributed by atoms with Crippen molar-refractivity contribution in [2.24, 2.45) is 10.8 Å². The lowest BCUT2D eigenvalue weighted by Crippen LogP contribution is -2.69. The summed E-state index contributed by atoms with van der Waals surface area (Å²) in [5.74, 6) is -3.50. The fourth-order valence-corrected chi connectivity index (χ4v) is 8.08. The monoisotopic (exact) mass is 599 g/mol. The van der Waals surface area contributed by atoms with E-state index in [1.165, 1.54) is 36.2 Å². The predicted molar refractivity (Wildman–Crippen MR) is 168 cm³/mol. The van der Waals surface area contributed by atoms with Crippen LogP contribution in [0.4, 0.5) is 5.69 Å². The number of nitrogens with one attached hydrogen (secondary N) is 1. The van der Waals surface area contributed by atoms with Crippen molar-refractivity contribution in [2.45, 2.75) is 63.5 Å². The summed E-state index contributed by atoms with van der Waals surface area (Å²) in [6.07, 6.45) is 1.81. The second-order valence-electron chi connectivity index (χ2n) is 12.7. The number of hydrogen-bond donors (Lipinski definition) is 3. The van der Waals surface area contributed by atoms with E-state index in [-0.39, 0.29) is 23.1 Å². The van der Waals surface area contributed by atoms with Crippen LogP contribution in [-0.4, -0.2) is 63.7 Å². The number of aliphatic carboxylic acids is 2. The molecule has 0 saturated carbocycles. The Morgan fingerprint density at radius 3 is 1.89 bits per heavy atom. The molecule has 0 amide bonds. The highest BCUT2D eigenvalue weighted by Crippen LogP contribution is 2.58. The van der Waals surface area contributed by atoms with Crippen LogP contribution in [-0.2, 0) is 15.0 Å². The normalized spacial score (nSPS) is 28.7. The maximum atomic E-state index is 13.5. The zero-order chi connectivity index (χ0) is 31.7. The highest BCUT2D eigenvalue weighted by molar-refractivity contribution is 5.84. The number of benzene rings is 3. The van der Waals surface area contributed by atoms with E-state index >= 15 is 0 Å². The molecule has 0 radical (unpaired) electrons. The van der Waals surface area contributed by atoms with Crippen LogP contribution in [0.15, 0.2) is 84.9 Å². The van der Waals surface area contributed by atoms with Gasteiger partial charge in [-0.25, -0.2) is 0 Å². The van der Waals surface area contributed by atoms with Crippen molar-refractivity contribution in [3.05, 3.63) is 112 Å². The van der Waals surface area contributed by atoms with Gasteiger partial charge in [0.05, 0.1) is 15.8 Å². The van der Waals surface area contributed by atoms with Gasteiger partial charge in [-0.2, -0.15) is 0 Å². The van der Waals surface area contributed by atoms with Gasteiger partial charge in [-0.05, 0) is 70.8 Å². The first-order valence-electron chi connectivity index (χ1n) is 15.3. The number of para-hydroxylation sites is 1. The Labute approximate surface area is 258 Å².